The monoisotopic (exact) mass is 282 g/mol. The van der Waals surface area contributed by atoms with Gasteiger partial charge in [0.1, 0.15) is 0 Å². The summed E-state index contributed by atoms with van der Waals surface area (Å²) in [5.41, 5.74) is 1.40. The lowest BCUT2D eigenvalue weighted by Crippen LogP contribution is -2.39. The van der Waals surface area contributed by atoms with Crippen LogP contribution in [0.2, 0.25) is 0 Å². The van der Waals surface area contributed by atoms with Crippen LogP contribution in [0.3, 0.4) is 0 Å². The fraction of sp³-hybridized carbons (Fsp3) is 0.474. The van der Waals surface area contributed by atoms with Crippen LogP contribution in [0.1, 0.15) is 38.3 Å². The van der Waals surface area contributed by atoms with E-state index in [0.717, 1.165) is 6.54 Å². The largest absolute Gasteiger partial charge is 0.306 e. The molecule has 0 amide bonds. The summed E-state index contributed by atoms with van der Waals surface area (Å²) in [6.45, 7) is 8.29. The van der Waals surface area contributed by atoms with Gasteiger partial charge in [-0.1, -0.05) is 42.5 Å². The Balaban J connectivity index is 1.70. The van der Waals surface area contributed by atoms with Gasteiger partial charge >= 0.3 is 0 Å². The van der Waals surface area contributed by atoms with Crippen LogP contribution in [0.5, 0.6) is 0 Å². The van der Waals surface area contributed by atoms with Crippen molar-refractivity contribution in [1.29, 1.82) is 0 Å². The van der Waals surface area contributed by atoms with Gasteiger partial charge in [0, 0.05) is 18.6 Å². The van der Waals surface area contributed by atoms with Gasteiger partial charge in [-0.2, -0.15) is 0 Å². The number of fused-ring (bicyclic) bond motifs is 1. The number of hydrogen-bond acceptors (Lipinski definition) is 2. The molecule has 1 aliphatic heterocycles. The first kappa shape index (κ1) is 14.6. The molecule has 2 heteroatoms. The van der Waals surface area contributed by atoms with Crippen molar-refractivity contribution in [1.82, 2.24) is 10.2 Å². The van der Waals surface area contributed by atoms with Gasteiger partial charge in [-0.3, -0.25) is 0 Å². The molecule has 2 nitrogen and oxygen atoms in total. The maximum absolute atomic E-state index is 3.77. The van der Waals surface area contributed by atoms with Crippen LogP contribution >= 0.6 is 0 Å². The van der Waals surface area contributed by atoms with Crippen LogP contribution in [0, 0.1) is 0 Å². The molecule has 112 valence electrons. The first-order chi connectivity index (χ1) is 10.2. The first-order valence-corrected chi connectivity index (χ1v) is 8.20. The second-order valence-corrected chi connectivity index (χ2v) is 6.37. The van der Waals surface area contributed by atoms with Crippen molar-refractivity contribution in [3.05, 3.63) is 48.0 Å². The van der Waals surface area contributed by atoms with E-state index in [1.807, 2.05) is 0 Å². The predicted octanol–water partition coefficient (Wildman–Crippen LogP) is 3.97. The lowest BCUT2D eigenvalue weighted by molar-refractivity contribution is 0.289. The van der Waals surface area contributed by atoms with Gasteiger partial charge in [0.15, 0.2) is 0 Å². The minimum atomic E-state index is 0.383. The van der Waals surface area contributed by atoms with Gasteiger partial charge in [0.2, 0.25) is 0 Å². The van der Waals surface area contributed by atoms with E-state index < -0.39 is 0 Å². The maximum Gasteiger partial charge on any atom is 0.0300 e. The normalized spacial score (nSPS) is 19.0. The fourth-order valence-corrected chi connectivity index (χ4v) is 3.55. The zero-order valence-corrected chi connectivity index (χ0v) is 13.2. The second-order valence-electron chi connectivity index (χ2n) is 6.37. The van der Waals surface area contributed by atoms with Crippen molar-refractivity contribution in [2.45, 2.75) is 38.8 Å². The summed E-state index contributed by atoms with van der Waals surface area (Å²) in [6.07, 6.45) is 2.73. The smallest absolute Gasteiger partial charge is 0.0300 e. The summed E-state index contributed by atoms with van der Waals surface area (Å²) in [7, 11) is 0. The topological polar surface area (TPSA) is 15.3 Å². The van der Waals surface area contributed by atoms with E-state index in [4.69, 9.17) is 0 Å². The highest BCUT2D eigenvalue weighted by Gasteiger charge is 2.17. The molecular weight excluding hydrogens is 256 g/mol. The Morgan fingerprint density at radius 2 is 1.71 bits per heavy atom. The molecular formula is C19H26N2. The van der Waals surface area contributed by atoms with E-state index >= 15 is 0 Å². The highest BCUT2D eigenvalue weighted by atomic mass is 15.2. The van der Waals surface area contributed by atoms with E-state index in [1.54, 1.807) is 0 Å². The molecule has 2 atom stereocenters. The lowest BCUT2D eigenvalue weighted by atomic mass is 9.99. The molecule has 0 bridgehead atoms. The molecule has 2 aromatic rings. The second kappa shape index (κ2) is 6.59. The van der Waals surface area contributed by atoms with Crippen LogP contribution in [0.15, 0.2) is 42.5 Å². The van der Waals surface area contributed by atoms with Gasteiger partial charge in [-0.25, -0.2) is 0 Å². The SMILES string of the molecule is CC(CN1CCCC1)NC(C)c1cccc2ccccc12. The van der Waals surface area contributed by atoms with E-state index in [1.165, 1.54) is 42.3 Å². The van der Waals surface area contributed by atoms with Gasteiger partial charge < -0.3 is 10.2 Å². The Labute approximate surface area is 128 Å². The van der Waals surface area contributed by atoms with Gasteiger partial charge in [0.05, 0.1) is 0 Å². The Bertz CT molecular complexity index is 582. The average molecular weight is 282 g/mol. The number of nitrogens with zero attached hydrogens (tertiary/aromatic N) is 1. The molecule has 0 radical (unpaired) electrons. The average Bonchev–Trinajstić information content (AvgIpc) is 2.99. The predicted molar refractivity (Wildman–Crippen MR) is 90.6 cm³/mol. The Morgan fingerprint density at radius 3 is 2.52 bits per heavy atom. The van der Waals surface area contributed by atoms with E-state index in [0.29, 0.717) is 12.1 Å². The maximum atomic E-state index is 3.77. The molecule has 21 heavy (non-hydrogen) atoms. The van der Waals surface area contributed by atoms with Crippen molar-refractivity contribution in [2.24, 2.45) is 0 Å². The van der Waals surface area contributed by atoms with Crippen LogP contribution < -0.4 is 5.32 Å². The standard InChI is InChI=1S/C19H26N2/c1-15(14-21-12-5-6-13-21)20-16(2)18-11-7-9-17-8-3-4-10-19(17)18/h3-4,7-11,15-16,20H,5-6,12-14H2,1-2H3. The highest BCUT2D eigenvalue weighted by molar-refractivity contribution is 5.86. The molecule has 2 unspecified atom stereocenters. The molecule has 0 saturated carbocycles. The molecule has 3 rings (SSSR count). The number of hydrogen-bond donors (Lipinski definition) is 1. The summed E-state index contributed by atoms with van der Waals surface area (Å²) in [5.74, 6) is 0. The summed E-state index contributed by atoms with van der Waals surface area (Å²) in [5, 5.41) is 6.47. The quantitative estimate of drug-likeness (QED) is 0.892. The molecule has 1 fully saturated rings. The third kappa shape index (κ3) is 3.45. The Hall–Kier alpha value is -1.38. The molecule has 1 saturated heterocycles. The lowest BCUT2D eigenvalue weighted by Gasteiger charge is -2.25. The minimum absolute atomic E-state index is 0.383. The van der Waals surface area contributed by atoms with E-state index in [2.05, 4.69) is 66.5 Å². The summed E-state index contributed by atoms with van der Waals surface area (Å²) < 4.78 is 0. The molecule has 0 aromatic heterocycles. The highest BCUT2D eigenvalue weighted by Crippen LogP contribution is 2.24. The zero-order valence-electron chi connectivity index (χ0n) is 13.2. The van der Waals surface area contributed by atoms with Crippen molar-refractivity contribution < 1.29 is 0 Å². The molecule has 1 N–H and O–H groups in total. The zero-order chi connectivity index (χ0) is 14.7. The van der Waals surface area contributed by atoms with Gasteiger partial charge in [0.25, 0.3) is 0 Å². The first-order valence-electron chi connectivity index (χ1n) is 8.20. The van der Waals surface area contributed by atoms with E-state index in [9.17, 15) is 0 Å². The van der Waals surface area contributed by atoms with Crippen LogP contribution in [-0.4, -0.2) is 30.6 Å². The van der Waals surface area contributed by atoms with Crippen LogP contribution in [0.4, 0.5) is 0 Å². The minimum Gasteiger partial charge on any atom is -0.306 e. The van der Waals surface area contributed by atoms with E-state index in [-0.39, 0.29) is 0 Å². The van der Waals surface area contributed by atoms with Gasteiger partial charge in [-0.15, -0.1) is 0 Å². The van der Waals surface area contributed by atoms with Gasteiger partial charge in [-0.05, 0) is 56.1 Å². The summed E-state index contributed by atoms with van der Waals surface area (Å²) in [6, 6.07) is 16.2. The number of nitrogens with one attached hydrogen (secondary N) is 1. The summed E-state index contributed by atoms with van der Waals surface area (Å²) >= 11 is 0. The van der Waals surface area contributed by atoms with Crippen LogP contribution in [0.25, 0.3) is 10.8 Å². The van der Waals surface area contributed by atoms with Crippen molar-refractivity contribution in [3.8, 4) is 0 Å². The number of benzene rings is 2. The Morgan fingerprint density at radius 1 is 1.00 bits per heavy atom. The Kier molecular flexibility index (Phi) is 4.57. The van der Waals surface area contributed by atoms with Crippen molar-refractivity contribution in [2.75, 3.05) is 19.6 Å². The molecule has 0 aliphatic carbocycles. The third-order valence-corrected chi connectivity index (χ3v) is 4.56. The molecule has 2 aromatic carbocycles. The summed E-state index contributed by atoms with van der Waals surface area (Å²) in [4.78, 5) is 2.58. The number of likely N-dealkylation sites (tertiary alicyclic amines) is 1. The molecule has 0 spiro atoms. The molecule has 1 aliphatic rings. The van der Waals surface area contributed by atoms with Crippen LogP contribution in [-0.2, 0) is 0 Å². The fourth-order valence-electron chi connectivity index (χ4n) is 3.55. The molecule has 1 heterocycles. The van der Waals surface area contributed by atoms with Crippen molar-refractivity contribution in [3.63, 3.8) is 0 Å². The van der Waals surface area contributed by atoms with Crippen molar-refractivity contribution >= 4 is 10.8 Å². The number of rotatable bonds is 5. The third-order valence-electron chi connectivity index (χ3n) is 4.56.